The van der Waals surface area contributed by atoms with Gasteiger partial charge in [-0.15, -0.1) is 0 Å². The van der Waals surface area contributed by atoms with Crippen molar-refractivity contribution in [3.8, 4) is 5.75 Å². The molecule has 110 valence electrons. The summed E-state index contributed by atoms with van der Waals surface area (Å²) in [4.78, 5) is 16.0. The molecule has 1 heterocycles. The number of nitrogens with zero attached hydrogens (tertiary/aromatic N) is 1. The average Bonchev–Trinajstić information content (AvgIpc) is 2.49. The van der Waals surface area contributed by atoms with Gasteiger partial charge < -0.3 is 10.1 Å². The summed E-state index contributed by atoms with van der Waals surface area (Å²) in [5.41, 5.74) is 1.49. The summed E-state index contributed by atoms with van der Waals surface area (Å²) >= 11 is 5.70. The van der Waals surface area contributed by atoms with Crippen LogP contribution in [0.5, 0.6) is 5.75 Å². The number of carbonyl (C=O) groups is 1. The second-order valence-electron chi connectivity index (χ2n) is 4.57. The van der Waals surface area contributed by atoms with Gasteiger partial charge >= 0.3 is 0 Å². The molecule has 0 fully saturated rings. The second-order valence-corrected chi connectivity index (χ2v) is 4.95. The van der Waals surface area contributed by atoms with Gasteiger partial charge in [-0.05, 0) is 43.7 Å². The maximum absolute atomic E-state index is 12.1. The van der Waals surface area contributed by atoms with E-state index in [0.717, 1.165) is 11.3 Å². The molecule has 5 heteroatoms. The fourth-order valence-electron chi connectivity index (χ4n) is 1.89. The van der Waals surface area contributed by atoms with Gasteiger partial charge in [0.1, 0.15) is 10.9 Å². The first-order valence-electron chi connectivity index (χ1n) is 6.75. The zero-order chi connectivity index (χ0) is 15.2. The molecular formula is C16H17ClN2O2. The largest absolute Gasteiger partial charge is 0.494 e. The van der Waals surface area contributed by atoms with Crippen molar-refractivity contribution >= 4 is 17.5 Å². The summed E-state index contributed by atoms with van der Waals surface area (Å²) in [5.74, 6) is 0.641. The minimum absolute atomic E-state index is 0.108. The van der Waals surface area contributed by atoms with E-state index in [-0.39, 0.29) is 11.9 Å². The molecule has 0 saturated heterocycles. The SMILES string of the molecule is CCOc1ccc(C(C)NC(=O)c2ccc(Cl)nc2)cc1. The van der Waals surface area contributed by atoms with Gasteiger partial charge in [0.2, 0.25) is 0 Å². The van der Waals surface area contributed by atoms with Gasteiger partial charge in [0.25, 0.3) is 5.91 Å². The van der Waals surface area contributed by atoms with Crippen LogP contribution in [0.2, 0.25) is 5.15 Å². The molecule has 1 unspecified atom stereocenters. The van der Waals surface area contributed by atoms with E-state index >= 15 is 0 Å². The Morgan fingerprint density at radius 2 is 2.00 bits per heavy atom. The molecule has 0 aliphatic carbocycles. The number of aromatic nitrogens is 1. The molecule has 1 aromatic heterocycles. The molecular weight excluding hydrogens is 288 g/mol. The molecule has 1 aromatic carbocycles. The Morgan fingerprint density at radius 3 is 2.57 bits per heavy atom. The average molecular weight is 305 g/mol. The molecule has 0 bridgehead atoms. The summed E-state index contributed by atoms with van der Waals surface area (Å²) in [6, 6.07) is 10.8. The van der Waals surface area contributed by atoms with Crippen molar-refractivity contribution < 1.29 is 9.53 Å². The molecule has 21 heavy (non-hydrogen) atoms. The zero-order valence-corrected chi connectivity index (χ0v) is 12.7. The van der Waals surface area contributed by atoms with Crippen molar-refractivity contribution in [3.63, 3.8) is 0 Å². The minimum Gasteiger partial charge on any atom is -0.494 e. The van der Waals surface area contributed by atoms with Gasteiger partial charge in [-0.2, -0.15) is 0 Å². The smallest absolute Gasteiger partial charge is 0.253 e. The van der Waals surface area contributed by atoms with E-state index in [0.29, 0.717) is 17.3 Å². The van der Waals surface area contributed by atoms with Crippen LogP contribution in [0.15, 0.2) is 42.6 Å². The van der Waals surface area contributed by atoms with Crippen LogP contribution in [0, 0.1) is 0 Å². The van der Waals surface area contributed by atoms with E-state index in [2.05, 4.69) is 10.3 Å². The maximum Gasteiger partial charge on any atom is 0.253 e. The van der Waals surface area contributed by atoms with Crippen molar-refractivity contribution in [3.05, 3.63) is 58.9 Å². The highest BCUT2D eigenvalue weighted by molar-refractivity contribution is 6.29. The van der Waals surface area contributed by atoms with Gasteiger partial charge in [0, 0.05) is 6.20 Å². The molecule has 2 rings (SSSR count). The highest BCUT2D eigenvalue weighted by Crippen LogP contribution is 2.18. The lowest BCUT2D eigenvalue weighted by molar-refractivity contribution is 0.0939. The summed E-state index contributed by atoms with van der Waals surface area (Å²) in [7, 11) is 0. The molecule has 0 radical (unpaired) electrons. The summed E-state index contributed by atoms with van der Waals surface area (Å²) in [5, 5.41) is 3.29. The number of nitrogens with one attached hydrogen (secondary N) is 1. The Labute approximate surface area is 129 Å². The quantitative estimate of drug-likeness (QED) is 0.858. The van der Waals surface area contributed by atoms with Crippen LogP contribution < -0.4 is 10.1 Å². The van der Waals surface area contributed by atoms with E-state index in [1.807, 2.05) is 38.1 Å². The first-order valence-corrected chi connectivity index (χ1v) is 7.13. The van der Waals surface area contributed by atoms with Gasteiger partial charge in [-0.3, -0.25) is 4.79 Å². The van der Waals surface area contributed by atoms with Crippen LogP contribution in [0.4, 0.5) is 0 Å². The molecule has 4 nitrogen and oxygen atoms in total. The fraction of sp³-hybridized carbons (Fsp3) is 0.250. The zero-order valence-electron chi connectivity index (χ0n) is 12.0. The topological polar surface area (TPSA) is 51.2 Å². The Balaban J connectivity index is 2.01. The van der Waals surface area contributed by atoms with E-state index in [1.165, 1.54) is 6.20 Å². The summed E-state index contributed by atoms with van der Waals surface area (Å²) in [6.45, 7) is 4.50. The lowest BCUT2D eigenvalue weighted by Crippen LogP contribution is -2.26. The number of hydrogen-bond donors (Lipinski definition) is 1. The molecule has 0 aliphatic heterocycles. The van der Waals surface area contributed by atoms with Gasteiger partial charge in [0.15, 0.2) is 0 Å². The van der Waals surface area contributed by atoms with E-state index < -0.39 is 0 Å². The summed E-state index contributed by atoms with van der Waals surface area (Å²) < 4.78 is 5.39. The first kappa shape index (κ1) is 15.3. The van der Waals surface area contributed by atoms with Crippen molar-refractivity contribution in [2.75, 3.05) is 6.61 Å². The van der Waals surface area contributed by atoms with E-state index in [1.54, 1.807) is 12.1 Å². The van der Waals surface area contributed by atoms with Crippen molar-refractivity contribution in [1.82, 2.24) is 10.3 Å². The Hall–Kier alpha value is -2.07. The first-order chi connectivity index (χ1) is 10.1. The summed E-state index contributed by atoms with van der Waals surface area (Å²) in [6.07, 6.45) is 1.46. The van der Waals surface area contributed by atoms with Gasteiger partial charge in [-0.25, -0.2) is 4.98 Å². The number of amides is 1. The predicted molar refractivity (Wildman–Crippen MR) is 82.7 cm³/mol. The number of halogens is 1. The van der Waals surface area contributed by atoms with Crippen LogP contribution in [-0.2, 0) is 0 Å². The van der Waals surface area contributed by atoms with E-state index in [4.69, 9.17) is 16.3 Å². The lowest BCUT2D eigenvalue weighted by Gasteiger charge is -2.15. The molecule has 2 aromatic rings. The van der Waals surface area contributed by atoms with Gasteiger partial charge in [0.05, 0.1) is 18.2 Å². The van der Waals surface area contributed by atoms with Gasteiger partial charge in [-0.1, -0.05) is 23.7 Å². The third-order valence-corrected chi connectivity index (χ3v) is 3.25. The molecule has 1 atom stereocenters. The van der Waals surface area contributed by atoms with Crippen LogP contribution in [-0.4, -0.2) is 17.5 Å². The van der Waals surface area contributed by atoms with Crippen LogP contribution >= 0.6 is 11.6 Å². The van der Waals surface area contributed by atoms with Crippen molar-refractivity contribution in [2.45, 2.75) is 19.9 Å². The van der Waals surface area contributed by atoms with Crippen LogP contribution in [0.1, 0.15) is 35.8 Å². The van der Waals surface area contributed by atoms with Crippen LogP contribution in [0.25, 0.3) is 0 Å². The fourth-order valence-corrected chi connectivity index (χ4v) is 2.00. The number of ether oxygens (including phenoxy) is 1. The normalized spacial score (nSPS) is 11.8. The predicted octanol–water partition coefficient (Wildman–Crippen LogP) is 3.62. The Morgan fingerprint density at radius 1 is 1.29 bits per heavy atom. The number of pyridine rings is 1. The highest BCUT2D eigenvalue weighted by atomic mass is 35.5. The molecule has 0 aliphatic rings. The lowest BCUT2D eigenvalue weighted by atomic mass is 10.1. The number of carbonyl (C=O) groups excluding carboxylic acids is 1. The molecule has 0 spiro atoms. The van der Waals surface area contributed by atoms with Crippen molar-refractivity contribution in [2.24, 2.45) is 0 Å². The number of benzene rings is 1. The molecule has 0 saturated carbocycles. The third-order valence-electron chi connectivity index (χ3n) is 3.03. The highest BCUT2D eigenvalue weighted by Gasteiger charge is 2.11. The minimum atomic E-state index is -0.180. The number of rotatable bonds is 5. The molecule has 1 amide bonds. The number of hydrogen-bond acceptors (Lipinski definition) is 3. The Bertz CT molecular complexity index is 597. The van der Waals surface area contributed by atoms with E-state index in [9.17, 15) is 4.79 Å². The third kappa shape index (κ3) is 4.20. The molecule has 1 N–H and O–H groups in total. The second kappa shape index (κ2) is 7.09. The maximum atomic E-state index is 12.1. The standard InChI is InChI=1S/C16H17ClN2O2/c1-3-21-14-7-4-12(5-8-14)11(2)19-16(20)13-6-9-15(17)18-10-13/h4-11H,3H2,1-2H3,(H,19,20). The monoisotopic (exact) mass is 304 g/mol. The van der Waals surface area contributed by atoms with Crippen molar-refractivity contribution in [1.29, 1.82) is 0 Å². The van der Waals surface area contributed by atoms with Crippen LogP contribution in [0.3, 0.4) is 0 Å². The Kier molecular flexibility index (Phi) is 5.17.